The number of thioether (sulfide) groups is 1. The van der Waals surface area contributed by atoms with E-state index in [1.54, 1.807) is 18.9 Å². The number of methoxy groups -OCH3 is 1. The Bertz CT molecular complexity index is 404. The van der Waals surface area contributed by atoms with Crippen molar-refractivity contribution >= 4 is 23.4 Å². The van der Waals surface area contributed by atoms with E-state index in [4.69, 9.17) is 22.1 Å². The van der Waals surface area contributed by atoms with Crippen LogP contribution < -0.4 is 10.5 Å². The van der Waals surface area contributed by atoms with Crippen LogP contribution in [0.25, 0.3) is 0 Å². The Labute approximate surface area is 105 Å². The third-order valence-electron chi connectivity index (χ3n) is 3.29. The van der Waals surface area contributed by atoms with Gasteiger partial charge in [-0.15, -0.1) is 11.8 Å². The quantitative estimate of drug-likeness (QED) is 0.842. The van der Waals surface area contributed by atoms with Crippen LogP contribution in [-0.4, -0.2) is 19.9 Å². The monoisotopic (exact) mass is 257 g/mol. The van der Waals surface area contributed by atoms with E-state index in [2.05, 4.69) is 6.07 Å². The number of nitrogens with two attached hydrogens (primary N) is 1. The molecular weight excluding hydrogens is 242 g/mol. The van der Waals surface area contributed by atoms with Crippen LogP contribution in [0.2, 0.25) is 5.02 Å². The zero-order valence-electron chi connectivity index (χ0n) is 9.55. The molecule has 1 fully saturated rings. The Morgan fingerprint density at radius 3 is 2.62 bits per heavy atom. The predicted molar refractivity (Wildman–Crippen MR) is 69.8 cm³/mol. The van der Waals surface area contributed by atoms with Gasteiger partial charge in [-0.2, -0.15) is 0 Å². The van der Waals surface area contributed by atoms with Crippen LogP contribution in [0.4, 0.5) is 0 Å². The molecule has 0 aliphatic heterocycles. The Hall–Kier alpha value is -0.380. The summed E-state index contributed by atoms with van der Waals surface area (Å²) in [4.78, 5) is 1.09. The molecule has 0 bridgehead atoms. The van der Waals surface area contributed by atoms with Crippen molar-refractivity contribution in [2.75, 3.05) is 19.9 Å². The van der Waals surface area contributed by atoms with Crippen LogP contribution in [-0.2, 0) is 5.41 Å². The van der Waals surface area contributed by atoms with E-state index in [0.717, 1.165) is 10.6 Å². The van der Waals surface area contributed by atoms with Gasteiger partial charge in [-0.25, -0.2) is 0 Å². The van der Waals surface area contributed by atoms with Gasteiger partial charge in [-0.05, 0) is 36.8 Å². The predicted octanol–water partition coefficient (Wildman–Crippen LogP) is 3.06. The molecule has 0 heterocycles. The summed E-state index contributed by atoms with van der Waals surface area (Å²) >= 11 is 7.88. The van der Waals surface area contributed by atoms with Crippen molar-refractivity contribution in [3.05, 3.63) is 22.7 Å². The van der Waals surface area contributed by atoms with Gasteiger partial charge in [0.05, 0.1) is 17.0 Å². The molecular formula is C12H16ClNOS. The fourth-order valence-electron chi connectivity index (χ4n) is 1.99. The molecule has 2 nitrogen and oxygen atoms in total. The SMILES string of the molecule is COc1c(Cl)cc(C2(CN)CC2)cc1SC. The highest BCUT2D eigenvalue weighted by atomic mass is 35.5. The maximum Gasteiger partial charge on any atom is 0.150 e. The van der Waals surface area contributed by atoms with Gasteiger partial charge in [-0.3, -0.25) is 0 Å². The van der Waals surface area contributed by atoms with E-state index in [9.17, 15) is 0 Å². The van der Waals surface area contributed by atoms with E-state index >= 15 is 0 Å². The highest BCUT2D eigenvalue weighted by Crippen LogP contribution is 2.50. The highest BCUT2D eigenvalue weighted by Gasteiger charge is 2.43. The summed E-state index contributed by atoms with van der Waals surface area (Å²) in [7, 11) is 1.65. The van der Waals surface area contributed by atoms with Crippen molar-refractivity contribution in [2.24, 2.45) is 5.73 Å². The van der Waals surface area contributed by atoms with Gasteiger partial charge in [-0.1, -0.05) is 11.6 Å². The first kappa shape index (κ1) is 12.1. The van der Waals surface area contributed by atoms with Crippen LogP contribution >= 0.6 is 23.4 Å². The lowest BCUT2D eigenvalue weighted by atomic mass is 9.96. The second kappa shape index (κ2) is 4.47. The Kier molecular flexibility index (Phi) is 3.38. The summed E-state index contributed by atoms with van der Waals surface area (Å²) in [5, 5.41) is 0.684. The molecule has 16 heavy (non-hydrogen) atoms. The third-order valence-corrected chi connectivity index (χ3v) is 4.31. The lowest BCUT2D eigenvalue weighted by Gasteiger charge is -2.17. The van der Waals surface area contributed by atoms with Crippen LogP contribution in [0.5, 0.6) is 5.75 Å². The molecule has 4 heteroatoms. The van der Waals surface area contributed by atoms with Crippen molar-refractivity contribution in [1.82, 2.24) is 0 Å². The fraction of sp³-hybridized carbons (Fsp3) is 0.500. The van der Waals surface area contributed by atoms with Gasteiger partial charge in [0, 0.05) is 12.0 Å². The average molecular weight is 258 g/mol. The molecule has 88 valence electrons. The van der Waals surface area contributed by atoms with Crippen molar-refractivity contribution in [1.29, 1.82) is 0 Å². The summed E-state index contributed by atoms with van der Waals surface area (Å²) in [6.07, 6.45) is 4.36. The third kappa shape index (κ3) is 1.92. The van der Waals surface area contributed by atoms with Crippen molar-refractivity contribution in [3.8, 4) is 5.75 Å². The average Bonchev–Trinajstić information content (AvgIpc) is 3.08. The number of benzene rings is 1. The number of rotatable bonds is 4. The lowest BCUT2D eigenvalue weighted by Crippen LogP contribution is -2.19. The maximum atomic E-state index is 6.23. The Balaban J connectivity index is 2.46. The van der Waals surface area contributed by atoms with E-state index in [0.29, 0.717) is 11.6 Å². The first-order valence-corrected chi connectivity index (χ1v) is 6.89. The molecule has 1 aromatic carbocycles. The number of hydrogen-bond acceptors (Lipinski definition) is 3. The smallest absolute Gasteiger partial charge is 0.150 e. The molecule has 2 N–H and O–H groups in total. The van der Waals surface area contributed by atoms with Gasteiger partial charge in [0.15, 0.2) is 5.75 Å². The van der Waals surface area contributed by atoms with Crippen LogP contribution in [0, 0.1) is 0 Å². The summed E-state index contributed by atoms with van der Waals surface area (Å²) < 4.78 is 5.30. The van der Waals surface area contributed by atoms with Crippen molar-refractivity contribution in [3.63, 3.8) is 0 Å². The van der Waals surface area contributed by atoms with E-state index in [-0.39, 0.29) is 5.41 Å². The molecule has 1 aliphatic carbocycles. The second-order valence-corrected chi connectivity index (χ2v) is 5.43. The summed E-state index contributed by atoms with van der Waals surface area (Å²) in [6, 6.07) is 4.16. The van der Waals surface area contributed by atoms with Crippen LogP contribution in [0.15, 0.2) is 17.0 Å². The molecule has 1 aliphatic rings. The second-order valence-electron chi connectivity index (χ2n) is 4.18. The van der Waals surface area contributed by atoms with Gasteiger partial charge in [0.1, 0.15) is 0 Å². The largest absolute Gasteiger partial charge is 0.494 e. The van der Waals surface area contributed by atoms with Crippen molar-refractivity contribution in [2.45, 2.75) is 23.2 Å². The molecule has 1 aromatic rings. The molecule has 2 rings (SSSR count). The zero-order chi connectivity index (χ0) is 11.8. The summed E-state index contributed by atoms with van der Waals surface area (Å²) in [6.45, 7) is 0.698. The van der Waals surface area contributed by atoms with E-state index < -0.39 is 0 Å². The normalized spacial score (nSPS) is 17.2. The molecule has 0 aromatic heterocycles. The highest BCUT2D eigenvalue weighted by molar-refractivity contribution is 7.98. The molecule has 1 saturated carbocycles. The molecule has 0 atom stereocenters. The molecule has 0 spiro atoms. The molecule has 0 unspecified atom stereocenters. The summed E-state index contributed by atoms with van der Waals surface area (Å²) in [5.74, 6) is 0.769. The first-order valence-electron chi connectivity index (χ1n) is 5.29. The van der Waals surface area contributed by atoms with Crippen LogP contribution in [0.1, 0.15) is 18.4 Å². The molecule has 0 radical (unpaired) electrons. The fourth-order valence-corrected chi connectivity index (χ4v) is 2.96. The Morgan fingerprint density at radius 1 is 1.50 bits per heavy atom. The van der Waals surface area contributed by atoms with E-state index in [1.807, 2.05) is 12.3 Å². The lowest BCUT2D eigenvalue weighted by molar-refractivity contribution is 0.404. The Morgan fingerprint density at radius 2 is 2.19 bits per heavy atom. The van der Waals surface area contributed by atoms with Crippen LogP contribution in [0.3, 0.4) is 0 Å². The van der Waals surface area contributed by atoms with Gasteiger partial charge < -0.3 is 10.5 Å². The van der Waals surface area contributed by atoms with Gasteiger partial charge in [0.25, 0.3) is 0 Å². The minimum atomic E-state index is 0.181. The number of hydrogen-bond donors (Lipinski definition) is 1. The maximum absolute atomic E-state index is 6.23. The topological polar surface area (TPSA) is 35.2 Å². The van der Waals surface area contributed by atoms with Gasteiger partial charge >= 0.3 is 0 Å². The standard InChI is InChI=1S/C12H16ClNOS/c1-15-11-9(13)5-8(6-10(11)16-2)12(7-14)3-4-12/h5-6H,3-4,7,14H2,1-2H3. The minimum Gasteiger partial charge on any atom is -0.494 e. The molecule has 0 saturated heterocycles. The molecule has 0 amide bonds. The van der Waals surface area contributed by atoms with Crippen molar-refractivity contribution < 1.29 is 4.74 Å². The first-order chi connectivity index (χ1) is 7.66. The minimum absolute atomic E-state index is 0.181. The summed E-state index contributed by atoms with van der Waals surface area (Å²) in [5.41, 5.74) is 7.27. The number of halogens is 1. The zero-order valence-corrected chi connectivity index (χ0v) is 11.1. The van der Waals surface area contributed by atoms with Gasteiger partial charge in [0.2, 0.25) is 0 Å². The van der Waals surface area contributed by atoms with E-state index in [1.165, 1.54) is 18.4 Å². The number of ether oxygens (including phenoxy) is 1.